The summed E-state index contributed by atoms with van der Waals surface area (Å²) in [7, 11) is 1.33. The Morgan fingerprint density at radius 1 is 1.20 bits per heavy atom. The summed E-state index contributed by atoms with van der Waals surface area (Å²) in [5.74, 6) is -0.599. The molecule has 25 heavy (non-hydrogen) atoms. The molecule has 0 atom stereocenters. The first-order valence-electron chi connectivity index (χ1n) is 7.23. The van der Waals surface area contributed by atoms with E-state index in [-0.39, 0.29) is 18.3 Å². The number of carbonyl (C=O) groups excluding carboxylic acids is 2. The molecular weight excluding hydrogens is 380 g/mol. The largest absolute Gasteiger partial charge is 0.469 e. The molecule has 0 spiro atoms. The van der Waals surface area contributed by atoms with E-state index in [1.165, 1.54) is 29.8 Å². The molecule has 3 rings (SSSR count). The van der Waals surface area contributed by atoms with Gasteiger partial charge < -0.3 is 4.74 Å². The first-order chi connectivity index (χ1) is 12.0. The highest BCUT2D eigenvalue weighted by atomic mass is 35.5. The smallest absolute Gasteiger partial charge is 0.311 e. The summed E-state index contributed by atoms with van der Waals surface area (Å²) in [6, 6.07) is 11.1. The highest BCUT2D eigenvalue weighted by Crippen LogP contribution is 2.29. The van der Waals surface area contributed by atoms with Gasteiger partial charge in [0, 0.05) is 15.3 Å². The van der Waals surface area contributed by atoms with Crippen molar-refractivity contribution in [1.29, 1.82) is 0 Å². The van der Waals surface area contributed by atoms with Crippen molar-refractivity contribution < 1.29 is 14.3 Å². The number of nitrogens with zero attached hydrogens (tertiary/aromatic N) is 1. The number of aromatic nitrogens is 1. The second-order valence-corrected chi connectivity index (χ2v) is 7.40. The van der Waals surface area contributed by atoms with E-state index in [0.29, 0.717) is 20.7 Å². The van der Waals surface area contributed by atoms with Gasteiger partial charge in [0.05, 0.1) is 24.1 Å². The minimum atomic E-state index is -0.367. The van der Waals surface area contributed by atoms with Crippen LogP contribution >= 0.6 is 34.3 Å². The van der Waals surface area contributed by atoms with Crippen molar-refractivity contribution in [2.24, 2.45) is 0 Å². The molecule has 0 bridgehead atoms. The molecule has 2 heterocycles. The highest BCUT2D eigenvalue weighted by Gasteiger charge is 2.13. The van der Waals surface area contributed by atoms with Gasteiger partial charge in [-0.05, 0) is 29.8 Å². The Balaban J connectivity index is 1.68. The number of benzene rings is 1. The summed E-state index contributed by atoms with van der Waals surface area (Å²) in [6.45, 7) is 0. The van der Waals surface area contributed by atoms with E-state index in [0.717, 1.165) is 10.4 Å². The van der Waals surface area contributed by atoms with Crippen molar-refractivity contribution in [2.45, 2.75) is 6.42 Å². The predicted octanol–water partition coefficient (Wildman–Crippen LogP) is 4.49. The lowest BCUT2D eigenvalue weighted by Gasteiger charge is -1.99. The Labute approximate surface area is 157 Å². The number of thiazole rings is 1. The van der Waals surface area contributed by atoms with Crippen LogP contribution in [-0.2, 0) is 16.0 Å². The predicted molar refractivity (Wildman–Crippen MR) is 101 cm³/mol. The van der Waals surface area contributed by atoms with Gasteiger partial charge >= 0.3 is 5.97 Å². The van der Waals surface area contributed by atoms with Crippen molar-refractivity contribution in [3.8, 4) is 10.4 Å². The van der Waals surface area contributed by atoms with Gasteiger partial charge in [0.25, 0.3) is 5.91 Å². The van der Waals surface area contributed by atoms with Crippen LogP contribution in [0.1, 0.15) is 15.4 Å². The Hall–Kier alpha value is -2.22. The fourth-order valence-electron chi connectivity index (χ4n) is 2.05. The Morgan fingerprint density at radius 2 is 1.96 bits per heavy atom. The van der Waals surface area contributed by atoms with Gasteiger partial charge in [-0.15, -0.1) is 22.7 Å². The minimum Gasteiger partial charge on any atom is -0.469 e. The molecule has 1 amide bonds. The van der Waals surface area contributed by atoms with Crippen molar-refractivity contribution in [3.05, 3.63) is 57.4 Å². The zero-order valence-corrected chi connectivity index (χ0v) is 15.5. The number of thiophene rings is 1. The molecule has 0 aliphatic rings. The Morgan fingerprint density at radius 3 is 2.68 bits per heavy atom. The quantitative estimate of drug-likeness (QED) is 0.649. The monoisotopic (exact) mass is 392 g/mol. The van der Waals surface area contributed by atoms with Crippen molar-refractivity contribution >= 4 is 51.3 Å². The maximum absolute atomic E-state index is 12.4. The third kappa shape index (κ3) is 4.45. The Bertz CT molecular complexity index is 903. The number of methoxy groups -OCH3 is 1. The molecule has 0 fully saturated rings. The van der Waals surface area contributed by atoms with E-state index < -0.39 is 0 Å². The lowest BCUT2D eigenvalue weighted by Crippen LogP contribution is -2.10. The number of rotatable bonds is 5. The molecule has 0 aliphatic carbocycles. The number of halogens is 1. The van der Waals surface area contributed by atoms with Crippen molar-refractivity contribution in [3.63, 3.8) is 0 Å². The first kappa shape index (κ1) is 17.6. The lowest BCUT2D eigenvalue weighted by atomic mass is 10.2. The summed E-state index contributed by atoms with van der Waals surface area (Å²) in [6.07, 6.45) is 0.0859. The number of nitrogens with one attached hydrogen (secondary N) is 1. The van der Waals surface area contributed by atoms with E-state index >= 15 is 0 Å². The number of hydrogen-bond acceptors (Lipinski definition) is 6. The fourth-order valence-corrected chi connectivity index (χ4v) is 3.79. The summed E-state index contributed by atoms with van der Waals surface area (Å²) >= 11 is 8.55. The molecule has 5 nitrogen and oxygen atoms in total. The number of hydrogen-bond donors (Lipinski definition) is 1. The van der Waals surface area contributed by atoms with Crippen LogP contribution in [0.3, 0.4) is 0 Å². The second kappa shape index (κ2) is 7.77. The molecule has 0 saturated carbocycles. The fraction of sp³-hybridized carbons (Fsp3) is 0.118. The van der Waals surface area contributed by atoms with E-state index in [9.17, 15) is 9.59 Å². The maximum Gasteiger partial charge on any atom is 0.311 e. The van der Waals surface area contributed by atoms with E-state index in [1.807, 2.05) is 30.3 Å². The summed E-state index contributed by atoms with van der Waals surface area (Å²) < 4.78 is 4.60. The normalized spacial score (nSPS) is 10.5. The average Bonchev–Trinajstić information content (AvgIpc) is 3.25. The summed E-state index contributed by atoms with van der Waals surface area (Å²) in [4.78, 5) is 29.4. The van der Waals surface area contributed by atoms with Gasteiger partial charge in [0.1, 0.15) is 0 Å². The molecule has 128 valence electrons. The third-order valence-corrected chi connectivity index (χ3v) is 5.48. The van der Waals surface area contributed by atoms with Crippen LogP contribution in [0.25, 0.3) is 10.4 Å². The second-order valence-electron chi connectivity index (χ2n) is 5.02. The van der Waals surface area contributed by atoms with Gasteiger partial charge in [-0.3, -0.25) is 14.9 Å². The number of ether oxygens (including phenoxy) is 1. The van der Waals surface area contributed by atoms with Crippen LogP contribution in [0.4, 0.5) is 5.13 Å². The molecule has 2 aromatic heterocycles. The van der Waals surface area contributed by atoms with Crippen LogP contribution in [0.15, 0.2) is 41.8 Å². The van der Waals surface area contributed by atoms with Crippen molar-refractivity contribution in [1.82, 2.24) is 4.98 Å². The molecule has 0 aliphatic heterocycles. The van der Waals surface area contributed by atoms with Gasteiger partial charge in [0.2, 0.25) is 0 Å². The number of anilines is 1. The van der Waals surface area contributed by atoms with E-state index in [4.69, 9.17) is 11.6 Å². The van der Waals surface area contributed by atoms with Crippen LogP contribution < -0.4 is 5.32 Å². The molecule has 0 saturated heterocycles. The molecular formula is C17H13ClN2O3S2. The molecule has 0 radical (unpaired) electrons. The van der Waals surface area contributed by atoms with Gasteiger partial charge in [-0.25, -0.2) is 4.98 Å². The Kier molecular flexibility index (Phi) is 5.47. The van der Waals surface area contributed by atoms with E-state index in [2.05, 4.69) is 15.0 Å². The van der Waals surface area contributed by atoms with Gasteiger partial charge in [0.15, 0.2) is 5.13 Å². The maximum atomic E-state index is 12.4. The average molecular weight is 393 g/mol. The first-order valence-corrected chi connectivity index (χ1v) is 9.31. The number of esters is 1. The summed E-state index contributed by atoms with van der Waals surface area (Å²) in [5.41, 5.74) is 1.57. The lowest BCUT2D eigenvalue weighted by molar-refractivity contribution is -0.139. The number of carbonyl (C=O) groups is 2. The zero-order valence-electron chi connectivity index (χ0n) is 13.1. The van der Waals surface area contributed by atoms with Crippen LogP contribution in [-0.4, -0.2) is 24.0 Å². The molecule has 8 heteroatoms. The van der Waals surface area contributed by atoms with Gasteiger partial charge in [-0.1, -0.05) is 23.7 Å². The van der Waals surface area contributed by atoms with Crippen LogP contribution in [0.5, 0.6) is 0 Å². The topological polar surface area (TPSA) is 68.3 Å². The zero-order chi connectivity index (χ0) is 17.8. The standard InChI is InChI=1S/C17H13ClN2O3S2/c1-23-15(21)8-12-9-24-17(19-12)20-16(22)14-7-6-13(25-14)10-2-4-11(18)5-3-10/h2-7,9H,8H2,1H3,(H,19,20,22). The molecule has 0 unspecified atom stereocenters. The van der Waals surface area contributed by atoms with Crippen LogP contribution in [0, 0.1) is 0 Å². The molecule has 3 aromatic rings. The molecule has 1 aromatic carbocycles. The third-order valence-electron chi connectivity index (χ3n) is 3.28. The SMILES string of the molecule is COC(=O)Cc1csc(NC(=O)c2ccc(-c3ccc(Cl)cc3)s2)n1. The molecule has 1 N–H and O–H groups in total. The van der Waals surface area contributed by atoms with E-state index in [1.54, 1.807) is 11.4 Å². The summed E-state index contributed by atoms with van der Waals surface area (Å²) in [5, 5.41) is 5.59. The van der Waals surface area contributed by atoms with Crippen LogP contribution in [0.2, 0.25) is 5.02 Å². The highest BCUT2D eigenvalue weighted by molar-refractivity contribution is 7.17. The van der Waals surface area contributed by atoms with Gasteiger partial charge in [-0.2, -0.15) is 0 Å². The van der Waals surface area contributed by atoms with Crippen molar-refractivity contribution in [2.75, 3.05) is 12.4 Å². The number of amides is 1. The minimum absolute atomic E-state index is 0.0859.